The molecule has 0 bridgehead atoms. The fourth-order valence-corrected chi connectivity index (χ4v) is 7.36. The van der Waals surface area contributed by atoms with Crippen molar-refractivity contribution < 1.29 is 38.6 Å². The molecule has 3 atom stereocenters. The van der Waals surface area contributed by atoms with Gasteiger partial charge in [0.05, 0.1) is 6.61 Å². The average Bonchev–Trinajstić information content (AvgIpc) is 3.16. The third-order valence-corrected chi connectivity index (χ3v) is 11.1. The van der Waals surface area contributed by atoms with Gasteiger partial charge in [0, 0.05) is 25.0 Å². The minimum absolute atomic E-state index is 0.177. The quantitative estimate of drug-likeness (QED) is 0.0299. The second kappa shape index (κ2) is 37.7. The van der Waals surface area contributed by atoms with Crippen molar-refractivity contribution in [3.8, 4) is 0 Å². The molecule has 0 aromatic heterocycles. The number of hydrogen-bond donors (Lipinski definition) is 5. The Hall–Kier alpha value is -2.83. The van der Waals surface area contributed by atoms with E-state index in [0.29, 0.717) is 25.0 Å². The zero-order valence-electron chi connectivity index (χ0n) is 35.4. The summed E-state index contributed by atoms with van der Waals surface area (Å²) in [6, 6.07) is -3.13. The molecule has 0 aromatic rings. The first-order valence-corrected chi connectivity index (χ1v) is 23.4. The Balaban J connectivity index is 4.83. The molecule has 12 nitrogen and oxygen atoms in total. The van der Waals surface area contributed by atoms with Gasteiger partial charge in [-0.3, -0.25) is 28.8 Å². The first-order chi connectivity index (χ1) is 27.0. The first kappa shape index (κ1) is 53.2. The molecule has 13 heteroatoms. The topological polar surface area (TPSA) is 194 Å². The highest BCUT2D eigenvalue weighted by atomic mass is 32.2. The maximum Gasteiger partial charge on any atom is 0.305 e. The SMILES string of the molecule is CCCCCCCCCCCCCCCC(=O)N[C@@H](CSCCCOC(=O)CCCCCCCCCCC)C(=O)N[C@@H](CC)C(=O)N[C@H](CCC(=O)O)C(N)=O. The lowest BCUT2D eigenvalue weighted by atomic mass is 10.0. The molecule has 0 aromatic carbocycles. The van der Waals surface area contributed by atoms with Crippen LogP contribution < -0.4 is 21.7 Å². The number of hydrogen-bond acceptors (Lipinski definition) is 8. The van der Waals surface area contributed by atoms with E-state index >= 15 is 0 Å². The largest absolute Gasteiger partial charge is 0.481 e. The molecule has 4 amide bonds. The number of nitrogens with two attached hydrogens (primary N) is 1. The zero-order chi connectivity index (χ0) is 41.7. The van der Waals surface area contributed by atoms with Crippen LogP contribution in [0.1, 0.15) is 201 Å². The molecular weight excluding hydrogens is 733 g/mol. The first-order valence-electron chi connectivity index (χ1n) is 22.2. The molecule has 0 heterocycles. The molecule has 56 heavy (non-hydrogen) atoms. The summed E-state index contributed by atoms with van der Waals surface area (Å²) in [5.74, 6) is -2.78. The van der Waals surface area contributed by atoms with Gasteiger partial charge in [-0.05, 0) is 37.9 Å². The number of carbonyl (C=O) groups excluding carboxylic acids is 5. The predicted octanol–water partition coefficient (Wildman–Crippen LogP) is 8.27. The van der Waals surface area contributed by atoms with E-state index in [1.807, 2.05) is 0 Å². The van der Waals surface area contributed by atoms with Gasteiger partial charge in [0.1, 0.15) is 18.1 Å². The van der Waals surface area contributed by atoms with Crippen LogP contribution in [0.4, 0.5) is 0 Å². The summed E-state index contributed by atoms with van der Waals surface area (Å²) >= 11 is 1.45. The smallest absolute Gasteiger partial charge is 0.305 e. The number of aliphatic carboxylic acids is 1. The van der Waals surface area contributed by atoms with E-state index in [-0.39, 0.29) is 43.5 Å². The number of rotatable bonds is 40. The number of primary amides is 1. The van der Waals surface area contributed by atoms with Crippen LogP contribution in [-0.2, 0) is 33.5 Å². The highest BCUT2D eigenvalue weighted by Crippen LogP contribution is 2.14. The Morgan fingerprint density at radius 1 is 0.554 bits per heavy atom. The van der Waals surface area contributed by atoms with Gasteiger partial charge in [0.25, 0.3) is 0 Å². The number of carboxylic acid groups (broad SMARTS) is 1. The van der Waals surface area contributed by atoms with Crippen LogP contribution >= 0.6 is 11.8 Å². The minimum Gasteiger partial charge on any atom is -0.481 e. The molecule has 0 rings (SSSR count). The molecule has 0 unspecified atom stereocenters. The lowest BCUT2D eigenvalue weighted by Crippen LogP contribution is -2.56. The van der Waals surface area contributed by atoms with Crippen molar-refractivity contribution in [2.24, 2.45) is 5.73 Å². The van der Waals surface area contributed by atoms with E-state index < -0.39 is 41.8 Å². The highest BCUT2D eigenvalue weighted by molar-refractivity contribution is 7.99. The molecule has 6 N–H and O–H groups in total. The third kappa shape index (κ3) is 32.3. The second-order valence-electron chi connectivity index (χ2n) is 15.2. The fourth-order valence-electron chi connectivity index (χ4n) is 6.40. The summed E-state index contributed by atoms with van der Waals surface area (Å²) in [6.45, 7) is 6.43. The number of thioether (sulfide) groups is 1. The molecule has 0 aliphatic heterocycles. The number of esters is 1. The van der Waals surface area contributed by atoms with Gasteiger partial charge in [-0.2, -0.15) is 11.8 Å². The number of ether oxygens (including phenoxy) is 1. The van der Waals surface area contributed by atoms with Crippen molar-refractivity contribution in [2.75, 3.05) is 18.1 Å². The Kier molecular flexibility index (Phi) is 35.8. The van der Waals surface area contributed by atoms with E-state index in [4.69, 9.17) is 15.6 Å². The van der Waals surface area contributed by atoms with E-state index in [2.05, 4.69) is 29.8 Å². The van der Waals surface area contributed by atoms with Crippen LogP contribution in [0.3, 0.4) is 0 Å². The summed E-state index contributed by atoms with van der Waals surface area (Å²) < 4.78 is 5.41. The molecule has 0 saturated carbocycles. The Morgan fingerprint density at radius 3 is 1.46 bits per heavy atom. The molecule has 0 aliphatic rings. The lowest BCUT2D eigenvalue weighted by molar-refractivity contribution is -0.144. The molecule has 0 aliphatic carbocycles. The maximum atomic E-state index is 13.5. The second-order valence-corrected chi connectivity index (χ2v) is 16.4. The van der Waals surface area contributed by atoms with Gasteiger partial charge in [-0.25, -0.2) is 0 Å². The van der Waals surface area contributed by atoms with Gasteiger partial charge in [0.2, 0.25) is 23.6 Å². The van der Waals surface area contributed by atoms with Crippen molar-refractivity contribution >= 4 is 47.3 Å². The average molecular weight is 813 g/mol. The van der Waals surface area contributed by atoms with E-state index in [1.165, 1.54) is 108 Å². The highest BCUT2D eigenvalue weighted by Gasteiger charge is 2.28. The van der Waals surface area contributed by atoms with Crippen LogP contribution in [-0.4, -0.2) is 76.9 Å². The number of carbonyl (C=O) groups is 6. The van der Waals surface area contributed by atoms with Crippen LogP contribution in [0.15, 0.2) is 0 Å². The van der Waals surface area contributed by atoms with Crippen molar-refractivity contribution in [2.45, 2.75) is 219 Å². The molecule has 0 fully saturated rings. The zero-order valence-corrected chi connectivity index (χ0v) is 36.3. The predicted molar refractivity (Wildman–Crippen MR) is 227 cm³/mol. The van der Waals surface area contributed by atoms with Crippen molar-refractivity contribution in [1.29, 1.82) is 0 Å². The van der Waals surface area contributed by atoms with Crippen molar-refractivity contribution in [3.63, 3.8) is 0 Å². The number of unbranched alkanes of at least 4 members (excludes halogenated alkanes) is 20. The Morgan fingerprint density at radius 2 is 1.00 bits per heavy atom. The van der Waals surface area contributed by atoms with E-state index in [1.54, 1.807) is 6.92 Å². The Labute approximate surface area is 343 Å². The van der Waals surface area contributed by atoms with E-state index in [0.717, 1.165) is 44.9 Å². The monoisotopic (exact) mass is 813 g/mol. The maximum absolute atomic E-state index is 13.5. The fraction of sp³-hybridized carbons (Fsp3) is 0.860. The lowest BCUT2D eigenvalue weighted by Gasteiger charge is -2.24. The normalized spacial score (nSPS) is 12.7. The van der Waals surface area contributed by atoms with Crippen LogP contribution in [0.2, 0.25) is 0 Å². The van der Waals surface area contributed by atoms with Crippen molar-refractivity contribution in [3.05, 3.63) is 0 Å². The molecule has 0 saturated heterocycles. The third-order valence-electron chi connectivity index (χ3n) is 9.97. The van der Waals surface area contributed by atoms with E-state index in [9.17, 15) is 28.8 Å². The van der Waals surface area contributed by atoms with Crippen LogP contribution in [0.5, 0.6) is 0 Å². The molecular formula is C43H80N4O8S. The van der Waals surface area contributed by atoms with Gasteiger partial charge in [0.15, 0.2) is 0 Å². The summed E-state index contributed by atoms with van der Waals surface area (Å²) in [6.07, 6.45) is 27.2. The summed E-state index contributed by atoms with van der Waals surface area (Å²) in [5.41, 5.74) is 5.37. The number of amides is 4. The summed E-state index contributed by atoms with van der Waals surface area (Å²) in [5, 5.41) is 17.0. The number of carboxylic acids is 1. The molecule has 0 spiro atoms. The summed E-state index contributed by atoms with van der Waals surface area (Å²) in [7, 11) is 0. The van der Waals surface area contributed by atoms with Crippen LogP contribution in [0, 0.1) is 0 Å². The standard InChI is InChI=1S/C43H80N4O8S/c1-4-7-9-11-13-15-16-17-18-20-21-23-25-28-38(48)45-37(43(54)46-35(6-3)42(53)47-36(41(44)52)30-31-39(49)50)34-56-33-27-32-55-40(51)29-26-24-22-19-14-12-10-8-5-2/h35-37H,4-34H2,1-3H3,(H2,44,52)(H,45,48)(H,46,54)(H,47,53)(H,49,50)/t35-,36+,37-/m0/s1. The van der Waals surface area contributed by atoms with Gasteiger partial charge in [-0.1, -0.05) is 149 Å². The summed E-state index contributed by atoms with van der Waals surface area (Å²) in [4.78, 5) is 74.4. The van der Waals surface area contributed by atoms with Gasteiger partial charge >= 0.3 is 11.9 Å². The van der Waals surface area contributed by atoms with Crippen molar-refractivity contribution in [1.82, 2.24) is 16.0 Å². The van der Waals surface area contributed by atoms with Gasteiger partial charge < -0.3 is 31.5 Å². The minimum atomic E-state index is -1.20. The Bertz CT molecular complexity index is 1060. The van der Waals surface area contributed by atoms with Gasteiger partial charge in [-0.15, -0.1) is 0 Å². The number of nitrogens with one attached hydrogen (secondary N) is 3. The molecule has 0 radical (unpaired) electrons. The van der Waals surface area contributed by atoms with Crippen LogP contribution in [0.25, 0.3) is 0 Å². The molecule has 326 valence electrons.